The molecular weight excluding hydrogens is 364 g/mol. The van der Waals surface area contributed by atoms with Gasteiger partial charge in [0.05, 0.1) is 11.5 Å². The molecule has 3 aliphatic rings. The normalized spacial score (nSPS) is 37.3. The molecule has 4 heteroatoms. The molecule has 0 aromatic rings. The Morgan fingerprint density at radius 3 is 2.62 bits per heavy atom. The van der Waals surface area contributed by atoms with Crippen LogP contribution in [-0.4, -0.2) is 34.0 Å². The summed E-state index contributed by atoms with van der Waals surface area (Å²) in [4.78, 5) is 24.3. The van der Waals surface area contributed by atoms with Gasteiger partial charge in [-0.3, -0.25) is 9.59 Å². The molecule has 0 radical (unpaired) electrons. The monoisotopic (exact) mass is 400 g/mol. The van der Waals surface area contributed by atoms with E-state index in [1.165, 1.54) is 0 Å². The molecule has 0 aromatic heterocycles. The van der Waals surface area contributed by atoms with Crippen LogP contribution in [0.25, 0.3) is 0 Å². The average molecular weight is 401 g/mol. The number of rotatable bonds is 5. The minimum absolute atomic E-state index is 0.0827. The van der Waals surface area contributed by atoms with Crippen LogP contribution in [0.3, 0.4) is 0 Å². The van der Waals surface area contributed by atoms with Gasteiger partial charge < -0.3 is 10.2 Å². The quantitative estimate of drug-likeness (QED) is 0.540. The molecule has 29 heavy (non-hydrogen) atoms. The van der Waals surface area contributed by atoms with Gasteiger partial charge in [0.2, 0.25) is 0 Å². The van der Waals surface area contributed by atoms with Crippen molar-refractivity contribution in [3.63, 3.8) is 0 Å². The molecule has 0 heterocycles. The first-order valence-electron chi connectivity index (χ1n) is 10.9. The molecule has 3 aliphatic carbocycles. The van der Waals surface area contributed by atoms with E-state index in [9.17, 15) is 19.8 Å². The molecule has 0 bridgehead atoms. The van der Waals surface area contributed by atoms with Crippen molar-refractivity contribution >= 4 is 12.1 Å². The van der Waals surface area contributed by atoms with Crippen LogP contribution in [-0.2, 0) is 9.59 Å². The fourth-order valence-electron chi connectivity index (χ4n) is 5.97. The molecule has 0 aliphatic heterocycles. The zero-order valence-corrected chi connectivity index (χ0v) is 18.4. The first kappa shape index (κ1) is 22.2. The summed E-state index contributed by atoms with van der Waals surface area (Å²) < 4.78 is 0. The maximum Gasteiger partial charge on any atom is 0.163 e. The predicted molar refractivity (Wildman–Crippen MR) is 114 cm³/mol. The zero-order valence-electron chi connectivity index (χ0n) is 18.4. The van der Waals surface area contributed by atoms with Gasteiger partial charge in [0, 0.05) is 0 Å². The highest BCUT2D eigenvalue weighted by Gasteiger charge is 2.50. The second-order valence-corrected chi connectivity index (χ2v) is 10.4. The van der Waals surface area contributed by atoms with Gasteiger partial charge in [-0.1, -0.05) is 37.6 Å². The topological polar surface area (TPSA) is 74.6 Å². The molecule has 0 aromatic carbocycles. The maximum absolute atomic E-state index is 12.5. The third-order valence-corrected chi connectivity index (χ3v) is 7.91. The molecule has 0 saturated heterocycles. The van der Waals surface area contributed by atoms with E-state index in [1.54, 1.807) is 26.0 Å². The molecule has 3 rings (SSSR count). The lowest BCUT2D eigenvalue weighted by Gasteiger charge is -2.40. The number of aliphatic hydroxyl groups is 2. The summed E-state index contributed by atoms with van der Waals surface area (Å²) in [5.41, 5.74) is 0.742. The van der Waals surface area contributed by atoms with Gasteiger partial charge in [-0.25, -0.2) is 0 Å². The number of allylic oxidation sites excluding steroid dienone is 5. The van der Waals surface area contributed by atoms with Gasteiger partial charge in [0.15, 0.2) is 5.78 Å². The van der Waals surface area contributed by atoms with Gasteiger partial charge in [-0.05, 0) is 87.2 Å². The third-order valence-electron chi connectivity index (χ3n) is 7.91. The van der Waals surface area contributed by atoms with Crippen molar-refractivity contribution < 1.29 is 19.8 Å². The van der Waals surface area contributed by atoms with Crippen LogP contribution >= 0.6 is 0 Å². The van der Waals surface area contributed by atoms with Gasteiger partial charge in [-0.15, -0.1) is 0 Å². The van der Waals surface area contributed by atoms with E-state index >= 15 is 0 Å². The summed E-state index contributed by atoms with van der Waals surface area (Å²) in [6.07, 6.45) is 11.5. The molecule has 1 fully saturated rings. The molecule has 2 N–H and O–H groups in total. The van der Waals surface area contributed by atoms with Crippen LogP contribution in [0.2, 0.25) is 0 Å². The lowest BCUT2D eigenvalue weighted by Crippen LogP contribution is -2.35. The van der Waals surface area contributed by atoms with E-state index in [0.29, 0.717) is 17.4 Å². The molecule has 4 nitrogen and oxygen atoms in total. The van der Waals surface area contributed by atoms with E-state index in [2.05, 4.69) is 13.8 Å². The summed E-state index contributed by atoms with van der Waals surface area (Å²) in [5, 5.41) is 20.1. The molecule has 7 atom stereocenters. The number of aldehydes is 1. The molecule has 0 amide bonds. The van der Waals surface area contributed by atoms with Crippen molar-refractivity contribution in [1.29, 1.82) is 0 Å². The number of aliphatic hydroxyl groups excluding tert-OH is 1. The standard InChI is InChI=1S/C25H36O4/c1-15(6-9-22(28)24(3,4)29)18-10-11-25(5)13-19-16(2)12-21(27)23(19)17(14-26)7-8-20(18)25/h6-7,9,12,14-15,18-20,22-23,28-29H,8,10-11,13H2,1-5H3/b9-6-,17-7?/t15-,18+,19+,20-,22+,23+,25+/m0/s1. The average Bonchev–Trinajstić information content (AvgIpc) is 3.08. The highest BCUT2D eigenvalue weighted by Crippen LogP contribution is 2.58. The third kappa shape index (κ3) is 4.20. The molecule has 0 spiro atoms. The summed E-state index contributed by atoms with van der Waals surface area (Å²) in [6.45, 7) is 9.78. The number of carbonyl (C=O) groups is 2. The van der Waals surface area contributed by atoms with Gasteiger partial charge in [0.1, 0.15) is 12.4 Å². The Kier molecular flexibility index (Phi) is 6.08. The van der Waals surface area contributed by atoms with Crippen molar-refractivity contribution in [2.75, 3.05) is 0 Å². The van der Waals surface area contributed by atoms with Gasteiger partial charge in [-0.2, -0.15) is 0 Å². The number of hydrogen-bond acceptors (Lipinski definition) is 4. The Hall–Kier alpha value is -1.52. The summed E-state index contributed by atoms with van der Waals surface area (Å²) in [5.74, 6) is 1.08. The Morgan fingerprint density at radius 1 is 1.31 bits per heavy atom. The lowest BCUT2D eigenvalue weighted by atomic mass is 9.63. The minimum Gasteiger partial charge on any atom is -0.387 e. The first-order chi connectivity index (χ1) is 13.5. The fraction of sp³-hybridized carbons (Fsp3) is 0.680. The van der Waals surface area contributed by atoms with Gasteiger partial charge >= 0.3 is 0 Å². The van der Waals surface area contributed by atoms with Crippen LogP contribution in [0.4, 0.5) is 0 Å². The van der Waals surface area contributed by atoms with E-state index in [1.807, 2.05) is 19.1 Å². The Bertz CT molecular complexity index is 753. The second-order valence-electron chi connectivity index (χ2n) is 10.4. The fourth-order valence-corrected chi connectivity index (χ4v) is 5.97. The van der Waals surface area contributed by atoms with Crippen molar-refractivity contribution in [1.82, 2.24) is 0 Å². The molecule has 160 valence electrons. The van der Waals surface area contributed by atoms with Crippen LogP contribution < -0.4 is 0 Å². The van der Waals surface area contributed by atoms with Crippen LogP contribution in [0.1, 0.15) is 60.3 Å². The first-order valence-corrected chi connectivity index (χ1v) is 10.9. The van der Waals surface area contributed by atoms with Crippen LogP contribution in [0, 0.1) is 35.0 Å². The van der Waals surface area contributed by atoms with Crippen molar-refractivity contribution in [3.05, 3.63) is 35.5 Å². The predicted octanol–water partition coefficient (Wildman–Crippen LogP) is 4.02. The van der Waals surface area contributed by atoms with Gasteiger partial charge in [0.25, 0.3) is 0 Å². The second kappa shape index (κ2) is 7.96. The number of fused-ring (bicyclic) bond motifs is 2. The highest BCUT2D eigenvalue weighted by molar-refractivity contribution is 6.01. The lowest BCUT2D eigenvalue weighted by molar-refractivity contribution is -0.119. The minimum atomic E-state index is -1.16. The molecule has 1 saturated carbocycles. The Labute approximate surface area is 174 Å². The summed E-state index contributed by atoms with van der Waals surface area (Å²) in [7, 11) is 0. The maximum atomic E-state index is 12.5. The number of carbonyl (C=O) groups excluding carboxylic acids is 2. The van der Waals surface area contributed by atoms with E-state index in [-0.39, 0.29) is 29.0 Å². The van der Waals surface area contributed by atoms with Crippen molar-refractivity contribution in [2.45, 2.75) is 72.0 Å². The summed E-state index contributed by atoms with van der Waals surface area (Å²) in [6, 6.07) is 0. The van der Waals surface area contributed by atoms with Crippen LogP contribution in [0.5, 0.6) is 0 Å². The van der Waals surface area contributed by atoms with E-state index < -0.39 is 11.7 Å². The largest absolute Gasteiger partial charge is 0.387 e. The van der Waals surface area contributed by atoms with Crippen molar-refractivity contribution in [2.24, 2.45) is 35.0 Å². The SMILES string of the molecule is CC1=CC(=O)[C@@H]2C(C=O)=CC[C@H]3[C@@H]([C@@H](C)/C=C\[C@@H](O)C(C)(C)O)CC[C@]3(C)C[C@H]12. The smallest absolute Gasteiger partial charge is 0.163 e. The van der Waals surface area contributed by atoms with Crippen LogP contribution in [0.15, 0.2) is 35.5 Å². The zero-order chi connectivity index (χ0) is 21.6. The highest BCUT2D eigenvalue weighted by atomic mass is 16.3. The Balaban J connectivity index is 1.86. The summed E-state index contributed by atoms with van der Waals surface area (Å²) >= 11 is 0. The van der Waals surface area contributed by atoms with E-state index in [0.717, 1.165) is 37.5 Å². The van der Waals surface area contributed by atoms with E-state index in [4.69, 9.17) is 0 Å². The molecular formula is C25H36O4. The molecule has 0 unspecified atom stereocenters. The number of hydrogen-bond donors (Lipinski definition) is 2. The number of ketones is 1. The Morgan fingerprint density at radius 2 is 2.00 bits per heavy atom. The van der Waals surface area contributed by atoms with Crippen molar-refractivity contribution in [3.8, 4) is 0 Å².